The van der Waals surface area contributed by atoms with Crippen LogP contribution in [0, 0.1) is 5.41 Å². The molecule has 0 aliphatic carbocycles. The van der Waals surface area contributed by atoms with Crippen LogP contribution in [0.4, 0.5) is 0 Å². The number of phenolic OH excluding ortho intramolecular Hbond substituents is 1. The number of rotatable bonds is 3. The fraction of sp³-hybridized carbons (Fsp3) is 0.222. The van der Waals surface area contributed by atoms with E-state index in [1.165, 1.54) is 12.1 Å². The molecule has 0 spiro atoms. The first-order chi connectivity index (χ1) is 10.3. The molecule has 0 aromatic heterocycles. The van der Waals surface area contributed by atoms with Gasteiger partial charge in [-0.25, -0.2) is 0 Å². The van der Waals surface area contributed by atoms with Gasteiger partial charge in [-0.2, -0.15) is 0 Å². The maximum absolute atomic E-state index is 12.4. The standard InChI is InChI=1S/C18H18O4/c1-18(2,3)17(21)22-15-6-4-5-13(11-15)16(20)12-7-9-14(19)10-8-12/h4-11,19H,1-3H3. The number of phenols is 1. The molecule has 0 saturated heterocycles. The van der Waals surface area contributed by atoms with Crippen molar-refractivity contribution in [3.63, 3.8) is 0 Å². The first-order valence-corrected chi connectivity index (χ1v) is 6.93. The predicted molar refractivity (Wildman–Crippen MR) is 83.1 cm³/mol. The smallest absolute Gasteiger partial charge is 0.316 e. The Morgan fingerprint density at radius 2 is 1.59 bits per heavy atom. The molecule has 4 heteroatoms. The van der Waals surface area contributed by atoms with E-state index in [2.05, 4.69) is 0 Å². The van der Waals surface area contributed by atoms with Crippen molar-refractivity contribution in [2.75, 3.05) is 0 Å². The van der Waals surface area contributed by atoms with E-state index in [-0.39, 0.29) is 17.5 Å². The fourth-order valence-corrected chi connectivity index (χ4v) is 1.74. The lowest BCUT2D eigenvalue weighted by Gasteiger charge is -2.16. The number of hydrogen-bond acceptors (Lipinski definition) is 4. The average molecular weight is 298 g/mol. The zero-order chi connectivity index (χ0) is 16.3. The van der Waals surface area contributed by atoms with E-state index < -0.39 is 5.41 Å². The van der Waals surface area contributed by atoms with Gasteiger partial charge < -0.3 is 9.84 Å². The summed E-state index contributed by atoms with van der Waals surface area (Å²) in [6, 6.07) is 12.5. The van der Waals surface area contributed by atoms with E-state index in [9.17, 15) is 14.7 Å². The van der Waals surface area contributed by atoms with Gasteiger partial charge in [-0.15, -0.1) is 0 Å². The highest BCUT2D eigenvalue weighted by Crippen LogP contribution is 2.22. The molecule has 0 saturated carbocycles. The molecule has 2 aromatic carbocycles. The van der Waals surface area contributed by atoms with Crippen molar-refractivity contribution in [1.82, 2.24) is 0 Å². The monoisotopic (exact) mass is 298 g/mol. The Balaban J connectivity index is 2.23. The van der Waals surface area contributed by atoms with Gasteiger partial charge in [0.25, 0.3) is 0 Å². The number of ketones is 1. The van der Waals surface area contributed by atoms with Gasteiger partial charge in [-0.05, 0) is 57.2 Å². The Bertz CT molecular complexity index is 694. The lowest BCUT2D eigenvalue weighted by molar-refractivity contribution is -0.143. The topological polar surface area (TPSA) is 63.6 Å². The summed E-state index contributed by atoms with van der Waals surface area (Å²) >= 11 is 0. The molecule has 0 aliphatic heterocycles. The average Bonchev–Trinajstić information content (AvgIpc) is 2.46. The van der Waals surface area contributed by atoms with E-state index in [0.29, 0.717) is 16.9 Å². The Kier molecular flexibility index (Phi) is 4.31. The molecule has 2 aromatic rings. The van der Waals surface area contributed by atoms with E-state index in [1.54, 1.807) is 57.2 Å². The molecule has 0 atom stereocenters. The van der Waals surface area contributed by atoms with E-state index in [4.69, 9.17) is 4.74 Å². The van der Waals surface area contributed by atoms with E-state index in [0.717, 1.165) is 0 Å². The minimum atomic E-state index is -0.614. The van der Waals surface area contributed by atoms with Crippen molar-refractivity contribution >= 4 is 11.8 Å². The summed E-state index contributed by atoms with van der Waals surface area (Å²) in [7, 11) is 0. The summed E-state index contributed by atoms with van der Waals surface area (Å²) in [5.41, 5.74) is 0.263. The first-order valence-electron chi connectivity index (χ1n) is 6.93. The summed E-state index contributed by atoms with van der Waals surface area (Å²) < 4.78 is 5.29. The molecule has 4 nitrogen and oxygen atoms in total. The van der Waals surface area contributed by atoms with E-state index >= 15 is 0 Å². The molecule has 22 heavy (non-hydrogen) atoms. The highest BCUT2D eigenvalue weighted by molar-refractivity contribution is 6.09. The van der Waals surface area contributed by atoms with Crippen molar-refractivity contribution in [3.05, 3.63) is 59.7 Å². The predicted octanol–water partition coefficient (Wildman–Crippen LogP) is 3.57. The maximum atomic E-state index is 12.4. The number of esters is 1. The Hall–Kier alpha value is -2.62. The van der Waals surface area contributed by atoms with Crippen LogP contribution in [-0.4, -0.2) is 16.9 Å². The van der Waals surface area contributed by atoms with Crippen molar-refractivity contribution in [2.24, 2.45) is 5.41 Å². The third-order valence-electron chi connectivity index (χ3n) is 3.05. The molecular formula is C18H18O4. The Labute approximate surface area is 129 Å². The molecule has 0 heterocycles. The maximum Gasteiger partial charge on any atom is 0.316 e. The highest BCUT2D eigenvalue weighted by atomic mass is 16.5. The van der Waals surface area contributed by atoms with Crippen LogP contribution in [0.15, 0.2) is 48.5 Å². The van der Waals surface area contributed by atoms with Crippen LogP contribution >= 0.6 is 0 Å². The molecule has 1 N–H and O–H groups in total. The van der Waals surface area contributed by atoms with Gasteiger partial charge in [0.05, 0.1) is 5.41 Å². The minimum Gasteiger partial charge on any atom is -0.508 e. The summed E-state index contributed by atoms with van der Waals surface area (Å²) in [5, 5.41) is 9.26. The summed E-state index contributed by atoms with van der Waals surface area (Å²) in [4.78, 5) is 24.3. The number of ether oxygens (including phenoxy) is 1. The lowest BCUT2D eigenvalue weighted by Crippen LogP contribution is -2.25. The minimum absolute atomic E-state index is 0.101. The summed E-state index contributed by atoms with van der Waals surface area (Å²) in [6.45, 7) is 5.29. The second-order valence-corrected chi connectivity index (χ2v) is 6.04. The highest BCUT2D eigenvalue weighted by Gasteiger charge is 2.24. The summed E-state index contributed by atoms with van der Waals surface area (Å²) in [5.74, 6) is -0.121. The normalized spacial score (nSPS) is 11.0. The quantitative estimate of drug-likeness (QED) is 0.534. The fourth-order valence-electron chi connectivity index (χ4n) is 1.74. The number of carbonyl (C=O) groups is 2. The third-order valence-corrected chi connectivity index (χ3v) is 3.05. The number of carbonyl (C=O) groups excluding carboxylic acids is 2. The molecule has 0 bridgehead atoms. The zero-order valence-corrected chi connectivity index (χ0v) is 12.8. The lowest BCUT2D eigenvalue weighted by atomic mass is 9.97. The van der Waals surface area contributed by atoms with Crippen LogP contribution < -0.4 is 4.74 Å². The van der Waals surface area contributed by atoms with Crippen molar-refractivity contribution in [1.29, 1.82) is 0 Å². The molecule has 114 valence electrons. The van der Waals surface area contributed by atoms with Gasteiger partial charge in [0.1, 0.15) is 11.5 Å². The first kappa shape index (κ1) is 15.8. The van der Waals surface area contributed by atoms with E-state index in [1.807, 2.05) is 0 Å². The van der Waals surface area contributed by atoms with Crippen LogP contribution in [-0.2, 0) is 4.79 Å². The molecule has 0 unspecified atom stereocenters. The van der Waals surface area contributed by atoms with Gasteiger partial charge in [0, 0.05) is 11.1 Å². The van der Waals surface area contributed by atoms with Gasteiger partial charge >= 0.3 is 5.97 Å². The Morgan fingerprint density at radius 1 is 0.955 bits per heavy atom. The number of aromatic hydroxyl groups is 1. The second kappa shape index (κ2) is 6.02. The van der Waals surface area contributed by atoms with Gasteiger partial charge in [-0.3, -0.25) is 9.59 Å². The van der Waals surface area contributed by atoms with Crippen molar-refractivity contribution in [2.45, 2.75) is 20.8 Å². The van der Waals surface area contributed by atoms with Crippen LogP contribution in [0.3, 0.4) is 0 Å². The summed E-state index contributed by atoms with van der Waals surface area (Å²) in [6.07, 6.45) is 0. The molecule has 0 amide bonds. The molecule has 2 rings (SSSR count). The van der Waals surface area contributed by atoms with Gasteiger partial charge in [0.15, 0.2) is 5.78 Å². The zero-order valence-electron chi connectivity index (χ0n) is 12.8. The molecule has 0 fully saturated rings. The SMILES string of the molecule is CC(C)(C)C(=O)Oc1cccc(C(=O)c2ccc(O)cc2)c1. The third kappa shape index (κ3) is 3.73. The van der Waals surface area contributed by atoms with Crippen LogP contribution in [0.5, 0.6) is 11.5 Å². The van der Waals surface area contributed by atoms with Gasteiger partial charge in [0.2, 0.25) is 0 Å². The Morgan fingerprint density at radius 3 is 2.18 bits per heavy atom. The molecule has 0 aliphatic rings. The van der Waals surface area contributed by atoms with Crippen molar-refractivity contribution in [3.8, 4) is 11.5 Å². The largest absolute Gasteiger partial charge is 0.508 e. The number of benzene rings is 2. The van der Waals surface area contributed by atoms with Crippen LogP contribution in [0.2, 0.25) is 0 Å². The van der Waals surface area contributed by atoms with Crippen LogP contribution in [0.25, 0.3) is 0 Å². The number of hydrogen-bond donors (Lipinski definition) is 1. The van der Waals surface area contributed by atoms with Gasteiger partial charge in [-0.1, -0.05) is 12.1 Å². The molecule has 0 radical (unpaired) electrons. The van der Waals surface area contributed by atoms with Crippen molar-refractivity contribution < 1.29 is 19.4 Å². The molecular weight excluding hydrogens is 280 g/mol. The van der Waals surface area contributed by atoms with Crippen LogP contribution in [0.1, 0.15) is 36.7 Å². The second-order valence-electron chi connectivity index (χ2n) is 6.04.